The van der Waals surface area contributed by atoms with E-state index in [0.29, 0.717) is 15.5 Å². The number of hydrogen-bond donors (Lipinski definition) is 1. The lowest BCUT2D eigenvalue weighted by molar-refractivity contribution is 0.476. The van der Waals surface area contributed by atoms with Crippen LogP contribution in [0.2, 0.25) is 0 Å². The van der Waals surface area contributed by atoms with Crippen molar-refractivity contribution in [3.8, 4) is 5.75 Å². The highest BCUT2D eigenvalue weighted by Gasteiger charge is 2.12. The van der Waals surface area contributed by atoms with Crippen molar-refractivity contribution in [1.29, 1.82) is 0 Å². The summed E-state index contributed by atoms with van der Waals surface area (Å²) in [5.74, 6) is 0.137. The Morgan fingerprint density at radius 1 is 0.941 bits per heavy atom. The summed E-state index contributed by atoms with van der Waals surface area (Å²) in [6.07, 6.45) is 6.10. The summed E-state index contributed by atoms with van der Waals surface area (Å²) in [6.45, 7) is 0. The van der Waals surface area contributed by atoms with Gasteiger partial charge in [-0.25, -0.2) is 9.97 Å². The van der Waals surface area contributed by atoms with Crippen molar-refractivity contribution in [2.75, 3.05) is 0 Å². The van der Waals surface area contributed by atoms with Crippen molar-refractivity contribution >= 4 is 55.0 Å². The largest absolute Gasteiger partial charge is 0.504 e. The molecule has 17 heavy (non-hydrogen) atoms. The second-order valence-corrected chi connectivity index (χ2v) is 5.57. The van der Waals surface area contributed by atoms with Gasteiger partial charge in [-0.15, -0.1) is 0 Å². The molecular weight excluding hydrogens is 348 g/mol. The van der Waals surface area contributed by atoms with E-state index in [1.807, 2.05) is 0 Å². The average Bonchev–Trinajstić information content (AvgIpc) is 2.34. The molecule has 1 aromatic heterocycles. The molecule has 1 aliphatic carbocycles. The molecule has 0 saturated heterocycles. The minimum absolute atomic E-state index is 0.137. The van der Waals surface area contributed by atoms with E-state index in [4.69, 9.17) is 0 Å². The van der Waals surface area contributed by atoms with E-state index in [0.717, 1.165) is 28.0 Å². The van der Waals surface area contributed by atoms with Crippen LogP contribution < -0.4 is 10.7 Å². The number of phenols is 1. The number of hydrogen-bond acceptors (Lipinski definition) is 3. The first-order valence-corrected chi connectivity index (χ1v) is 6.80. The van der Waals surface area contributed by atoms with Gasteiger partial charge < -0.3 is 5.11 Å². The second-order valence-electron chi connectivity index (χ2n) is 3.87. The van der Waals surface area contributed by atoms with Gasteiger partial charge in [-0.1, -0.05) is 12.2 Å². The third-order valence-electron chi connectivity index (χ3n) is 2.72. The SMILES string of the molecule is Oc1c(Br)cc(Br)c2nc3c(nc12)=CCCC=3. The van der Waals surface area contributed by atoms with Gasteiger partial charge in [-0.3, -0.25) is 0 Å². The summed E-state index contributed by atoms with van der Waals surface area (Å²) in [6, 6.07) is 1.78. The minimum atomic E-state index is 0.137. The summed E-state index contributed by atoms with van der Waals surface area (Å²) in [5, 5.41) is 11.7. The van der Waals surface area contributed by atoms with Gasteiger partial charge in [0.05, 0.1) is 15.2 Å². The molecule has 0 saturated carbocycles. The van der Waals surface area contributed by atoms with Crippen LogP contribution in [0.15, 0.2) is 15.0 Å². The van der Waals surface area contributed by atoms with Gasteiger partial charge in [-0.05, 0) is 50.8 Å². The number of nitrogens with zero attached hydrogens (tertiary/aromatic N) is 2. The molecule has 0 amide bonds. The van der Waals surface area contributed by atoms with E-state index in [1.165, 1.54) is 0 Å². The molecule has 1 N–H and O–H groups in total. The predicted octanol–water partition coefficient (Wildman–Crippen LogP) is 2.22. The molecule has 0 unspecified atom stereocenters. The van der Waals surface area contributed by atoms with Crippen LogP contribution in [0, 0.1) is 0 Å². The van der Waals surface area contributed by atoms with Crippen LogP contribution >= 0.6 is 31.9 Å². The first-order valence-electron chi connectivity index (χ1n) is 5.22. The van der Waals surface area contributed by atoms with Crippen LogP contribution in [0.25, 0.3) is 23.2 Å². The lowest BCUT2D eigenvalue weighted by Crippen LogP contribution is -2.33. The van der Waals surface area contributed by atoms with Gasteiger partial charge in [-0.2, -0.15) is 0 Å². The van der Waals surface area contributed by atoms with Gasteiger partial charge in [0.25, 0.3) is 0 Å². The summed E-state index contributed by atoms with van der Waals surface area (Å²) >= 11 is 6.74. The fraction of sp³-hybridized carbons (Fsp3) is 0.167. The number of aromatic hydroxyl groups is 1. The molecule has 86 valence electrons. The maximum absolute atomic E-state index is 9.99. The summed E-state index contributed by atoms with van der Waals surface area (Å²) in [4.78, 5) is 9.02. The van der Waals surface area contributed by atoms with Crippen molar-refractivity contribution < 1.29 is 5.11 Å². The van der Waals surface area contributed by atoms with E-state index in [1.54, 1.807) is 6.07 Å². The molecule has 0 bridgehead atoms. The Balaban J connectivity index is 2.55. The highest BCUT2D eigenvalue weighted by Crippen LogP contribution is 2.34. The van der Waals surface area contributed by atoms with Crippen LogP contribution in [-0.2, 0) is 0 Å². The highest BCUT2D eigenvalue weighted by atomic mass is 79.9. The van der Waals surface area contributed by atoms with Gasteiger partial charge in [0.2, 0.25) is 0 Å². The highest BCUT2D eigenvalue weighted by molar-refractivity contribution is 9.11. The van der Waals surface area contributed by atoms with Crippen LogP contribution in [0.3, 0.4) is 0 Å². The molecule has 0 aliphatic heterocycles. The van der Waals surface area contributed by atoms with Crippen LogP contribution in [0.1, 0.15) is 12.8 Å². The number of halogens is 2. The summed E-state index contributed by atoms with van der Waals surface area (Å²) < 4.78 is 1.44. The zero-order valence-electron chi connectivity index (χ0n) is 8.74. The third-order valence-corrected chi connectivity index (χ3v) is 3.93. The van der Waals surface area contributed by atoms with Gasteiger partial charge in [0.1, 0.15) is 11.0 Å². The van der Waals surface area contributed by atoms with Crippen LogP contribution in [0.5, 0.6) is 5.75 Å². The molecule has 0 atom stereocenters. The average molecular weight is 356 g/mol. The molecule has 1 heterocycles. The maximum atomic E-state index is 9.99. The molecule has 2 aromatic rings. The minimum Gasteiger partial charge on any atom is -0.504 e. The van der Waals surface area contributed by atoms with Gasteiger partial charge in [0, 0.05) is 4.47 Å². The Hall–Kier alpha value is -0.940. The Labute approximate surface area is 114 Å². The third kappa shape index (κ3) is 1.77. The van der Waals surface area contributed by atoms with Gasteiger partial charge >= 0.3 is 0 Å². The molecule has 0 radical (unpaired) electrons. The summed E-state index contributed by atoms with van der Waals surface area (Å²) in [7, 11) is 0. The van der Waals surface area contributed by atoms with Crippen molar-refractivity contribution in [2.45, 2.75) is 12.8 Å². The number of aromatic nitrogens is 2. The fourth-order valence-electron chi connectivity index (χ4n) is 1.89. The van der Waals surface area contributed by atoms with E-state index < -0.39 is 0 Å². The molecule has 0 spiro atoms. The van der Waals surface area contributed by atoms with Crippen LogP contribution in [0.4, 0.5) is 0 Å². The zero-order valence-corrected chi connectivity index (χ0v) is 11.9. The first-order chi connectivity index (χ1) is 8.16. The van der Waals surface area contributed by atoms with E-state index in [-0.39, 0.29) is 5.75 Å². The fourth-order valence-corrected chi connectivity index (χ4v) is 3.12. The monoisotopic (exact) mass is 354 g/mol. The maximum Gasteiger partial charge on any atom is 0.157 e. The molecule has 3 rings (SSSR count). The molecular formula is C12H8Br2N2O. The normalized spacial score (nSPS) is 14.0. The Morgan fingerprint density at radius 2 is 1.53 bits per heavy atom. The summed E-state index contributed by atoms with van der Waals surface area (Å²) in [5.41, 5.74) is 1.22. The Morgan fingerprint density at radius 3 is 2.18 bits per heavy atom. The number of rotatable bonds is 0. The van der Waals surface area contributed by atoms with Gasteiger partial charge in [0.15, 0.2) is 5.75 Å². The van der Waals surface area contributed by atoms with E-state index in [2.05, 4.69) is 54.0 Å². The number of phenolic OH excluding ortho intramolecular Hbond substituents is 1. The first kappa shape index (κ1) is 11.2. The Kier molecular flexibility index (Phi) is 2.67. The lowest BCUT2D eigenvalue weighted by Gasteiger charge is -2.06. The second kappa shape index (κ2) is 4.07. The molecule has 3 nitrogen and oxygen atoms in total. The van der Waals surface area contributed by atoms with Crippen molar-refractivity contribution in [2.24, 2.45) is 0 Å². The quantitative estimate of drug-likeness (QED) is 0.788. The predicted molar refractivity (Wildman–Crippen MR) is 74.0 cm³/mol. The zero-order chi connectivity index (χ0) is 12.0. The standard InChI is InChI=1S/C12H8Br2N2O/c13-6-5-7(14)12(17)11-10(6)15-8-3-1-2-4-9(8)16-11/h3-5,17H,1-2H2. The Bertz CT molecular complexity index is 740. The molecule has 1 aliphatic rings. The van der Waals surface area contributed by atoms with E-state index >= 15 is 0 Å². The molecule has 0 fully saturated rings. The van der Waals surface area contributed by atoms with Crippen molar-refractivity contribution in [3.63, 3.8) is 0 Å². The lowest BCUT2D eigenvalue weighted by atomic mass is 10.2. The van der Waals surface area contributed by atoms with Crippen molar-refractivity contribution in [3.05, 3.63) is 25.7 Å². The topological polar surface area (TPSA) is 46.0 Å². The smallest absolute Gasteiger partial charge is 0.157 e. The number of benzene rings is 1. The number of fused-ring (bicyclic) bond motifs is 2. The van der Waals surface area contributed by atoms with Crippen molar-refractivity contribution in [1.82, 2.24) is 9.97 Å². The van der Waals surface area contributed by atoms with Crippen LogP contribution in [-0.4, -0.2) is 15.1 Å². The molecule has 5 heteroatoms. The molecule has 1 aromatic carbocycles. The van der Waals surface area contributed by atoms with E-state index in [9.17, 15) is 5.11 Å².